The summed E-state index contributed by atoms with van der Waals surface area (Å²) >= 11 is 5.70. The molecule has 0 saturated heterocycles. The monoisotopic (exact) mass is 221 g/mol. The van der Waals surface area contributed by atoms with E-state index in [-0.39, 0.29) is 11.6 Å². The molecule has 2 rings (SSSR count). The second kappa shape index (κ2) is 3.74. The summed E-state index contributed by atoms with van der Waals surface area (Å²) in [5, 5.41) is 9.87. The predicted octanol–water partition coefficient (Wildman–Crippen LogP) is 2.08. The van der Waals surface area contributed by atoms with Crippen molar-refractivity contribution in [2.24, 2.45) is 0 Å². The fraction of sp³-hybridized carbons (Fsp3) is 0. The van der Waals surface area contributed by atoms with Gasteiger partial charge in [-0.05, 0) is 12.1 Å². The lowest BCUT2D eigenvalue weighted by atomic mass is 10.2. The van der Waals surface area contributed by atoms with Crippen molar-refractivity contribution in [2.75, 3.05) is 5.73 Å². The van der Waals surface area contributed by atoms with Crippen molar-refractivity contribution in [2.45, 2.75) is 0 Å². The molecule has 0 spiro atoms. The van der Waals surface area contributed by atoms with Gasteiger partial charge in [0, 0.05) is 0 Å². The lowest BCUT2D eigenvalue weighted by Gasteiger charge is -2.03. The van der Waals surface area contributed by atoms with Crippen LogP contribution in [0.4, 0.5) is 5.82 Å². The summed E-state index contributed by atoms with van der Waals surface area (Å²) in [6, 6.07) is 6.77. The Hall–Kier alpha value is -1.81. The molecule has 4 nitrogen and oxygen atoms in total. The van der Waals surface area contributed by atoms with Crippen molar-refractivity contribution in [3.05, 3.63) is 35.5 Å². The number of para-hydroxylation sites is 1. The molecule has 0 saturated carbocycles. The van der Waals surface area contributed by atoms with Crippen LogP contribution in [0.2, 0.25) is 5.02 Å². The Morgan fingerprint density at radius 2 is 2.00 bits per heavy atom. The summed E-state index contributed by atoms with van der Waals surface area (Å²) in [7, 11) is 0. The Morgan fingerprint density at radius 3 is 2.67 bits per heavy atom. The standard InChI is InChI=1S/C10H8ClN3O/c11-7-5-13-10(14-9(7)12)6-3-1-2-4-8(6)15/h1-5,15H,(H2,12,13,14). The lowest BCUT2D eigenvalue weighted by molar-refractivity contribution is 0.477. The van der Waals surface area contributed by atoms with Crippen LogP contribution in [0, 0.1) is 0 Å². The third-order valence-corrected chi connectivity index (χ3v) is 2.21. The molecular formula is C10H8ClN3O. The van der Waals surface area contributed by atoms with Gasteiger partial charge in [-0.3, -0.25) is 0 Å². The third-order valence-electron chi connectivity index (χ3n) is 1.92. The van der Waals surface area contributed by atoms with Crippen molar-refractivity contribution < 1.29 is 5.11 Å². The van der Waals surface area contributed by atoms with E-state index in [1.54, 1.807) is 24.3 Å². The number of hydrogen-bond donors (Lipinski definition) is 2. The molecule has 1 aromatic carbocycles. The lowest BCUT2D eigenvalue weighted by Crippen LogP contribution is -1.96. The molecule has 0 aliphatic heterocycles. The molecule has 15 heavy (non-hydrogen) atoms. The molecule has 0 aliphatic carbocycles. The second-order valence-corrected chi connectivity index (χ2v) is 3.35. The fourth-order valence-electron chi connectivity index (χ4n) is 1.17. The Bertz CT molecular complexity index is 502. The summed E-state index contributed by atoms with van der Waals surface area (Å²) in [5.74, 6) is 0.666. The molecule has 1 heterocycles. The van der Waals surface area contributed by atoms with Crippen LogP contribution < -0.4 is 5.73 Å². The summed E-state index contributed by atoms with van der Waals surface area (Å²) in [6.45, 7) is 0. The van der Waals surface area contributed by atoms with E-state index in [1.165, 1.54) is 6.20 Å². The largest absolute Gasteiger partial charge is 0.507 e. The van der Waals surface area contributed by atoms with Crippen LogP contribution in [-0.2, 0) is 0 Å². The van der Waals surface area contributed by atoms with E-state index >= 15 is 0 Å². The number of aromatic nitrogens is 2. The van der Waals surface area contributed by atoms with E-state index in [2.05, 4.69) is 9.97 Å². The zero-order chi connectivity index (χ0) is 10.8. The highest BCUT2D eigenvalue weighted by molar-refractivity contribution is 6.32. The topological polar surface area (TPSA) is 72.0 Å². The maximum absolute atomic E-state index is 9.57. The van der Waals surface area contributed by atoms with E-state index in [0.717, 1.165) is 0 Å². The molecule has 5 heteroatoms. The average molecular weight is 222 g/mol. The van der Waals surface area contributed by atoms with Crippen LogP contribution in [0.25, 0.3) is 11.4 Å². The van der Waals surface area contributed by atoms with E-state index in [1.807, 2.05) is 0 Å². The van der Waals surface area contributed by atoms with Gasteiger partial charge in [0.05, 0.1) is 11.8 Å². The molecular weight excluding hydrogens is 214 g/mol. The van der Waals surface area contributed by atoms with Gasteiger partial charge in [-0.25, -0.2) is 9.97 Å². The van der Waals surface area contributed by atoms with Gasteiger partial charge in [0.15, 0.2) is 5.82 Å². The Morgan fingerprint density at radius 1 is 1.27 bits per heavy atom. The number of phenolic OH excluding ortho intramolecular Hbond substituents is 1. The van der Waals surface area contributed by atoms with Crippen LogP contribution >= 0.6 is 11.6 Å². The Labute approximate surface area is 91.4 Å². The fourth-order valence-corrected chi connectivity index (χ4v) is 1.26. The Balaban J connectivity index is 2.55. The predicted molar refractivity (Wildman–Crippen MR) is 58.6 cm³/mol. The first-order valence-electron chi connectivity index (χ1n) is 4.25. The van der Waals surface area contributed by atoms with Gasteiger partial charge < -0.3 is 10.8 Å². The normalized spacial score (nSPS) is 10.2. The van der Waals surface area contributed by atoms with Crippen LogP contribution in [0.15, 0.2) is 30.5 Å². The highest BCUT2D eigenvalue weighted by Crippen LogP contribution is 2.27. The number of benzene rings is 1. The van der Waals surface area contributed by atoms with Crippen molar-refractivity contribution in [3.63, 3.8) is 0 Å². The minimum absolute atomic E-state index is 0.110. The Kier molecular flexibility index (Phi) is 2.43. The number of nitrogens with two attached hydrogens (primary N) is 1. The summed E-state index contributed by atoms with van der Waals surface area (Å²) in [4.78, 5) is 7.97. The molecule has 0 aliphatic rings. The number of rotatable bonds is 1. The molecule has 0 radical (unpaired) electrons. The van der Waals surface area contributed by atoms with E-state index in [4.69, 9.17) is 17.3 Å². The van der Waals surface area contributed by atoms with Crippen LogP contribution in [0.3, 0.4) is 0 Å². The quantitative estimate of drug-likeness (QED) is 0.774. The first-order chi connectivity index (χ1) is 7.18. The highest BCUT2D eigenvalue weighted by Gasteiger charge is 2.07. The van der Waals surface area contributed by atoms with Gasteiger partial charge in [-0.1, -0.05) is 23.7 Å². The number of anilines is 1. The highest BCUT2D eigenvalue weighted by atomic mass is 35.5. The summed E-state index contributed by atoms with van der Waals surface area (Å²) in [5.41, 5.74) is 6.07. The number of halogens is 1. The number of hydrogen-bond acceptors (Lipinski definition) is 4. The molecule has 2 aromatic rings. The number of aromatic hydroxyl groups is 1. The zero-order valence-corrected chi connectivity index (χ0v) is 8.44. The van der Waals surface area contributed by atoms with E-state index in [0.29, 0.717) is 16.4 Å². The molecule has 0 unspecified atom stereocenters. The number of nitrogens with zero attached hydrogens (tertiary/aromatic N) is 2. The van der Waals surface area contributed by atoms with Gasteiger partial charge in [-0.15, -0.1) is 0 Å². The van der Waals surface area contributed by atoms with Gasteiger partial charge in [0.2, 0.25) is 0 Å². The van der Waals surface area contributed by atoms with Gasteiger partial charge >= 0.3 is 0 Å². The molecule has 0 atom stereocenters. The van der Waals surface area contributed by atoms with Crippen LogP contribution in [0.5, 0.6) is 5.75 Å². The zero-order valence-electron chi connectivity index (χ0n) is 7.68. The van der Waals surface area contributed by atoms with Gasteiger partial charge in [0.25, 0.3) is 0 Å². The first kappa shape index (κ1) is 9.73. The van der Waals surface area contributed by atoms with Crippen LogP contribution in [-0.4, -0.2) is 15.1 Å². The first-order valence-corrected chi connectivity index (χ1v) is 4.62. The van der Waals surface area contributed by atoms with Crippen molar-refractivity contribution in [1.82, 2.24) is 9.97 Å². The molecule has 76 valence electrons. The van der Waals surface area contributed by atoms with Crippen molar-refractivity contribution in [1.29, 1.82) is 0 Å². The minimum Gasteiger partial charge on any atom is -0.507 e. The summed E-state index contributed by atoms with van der Waals surface area (Å²) in [6.07, 6.45) is 1.41. The summed E-state index contributed by atoms with van der Waals surface area (Å²) < 4.78 is 0. The molecule has 0 fully saturated rings. The molecule has 0 bridgehead atoms. The smallest absolute Gasteiger partial charge is 0.165 e. The average Bonchev–Trinajstić information content (AvgIpc) is 2.23. The van der Waals surface area contributed by atoms with E-state index < -0.39 is 0 Å². The van der Waals surface area contributed by atoms with Gasteiger partial charge in [-0.2, -0.15) is 0 Å². The van der Waals surface area contributed by atoms with Crippen molar-refractivity contribution >= 4 is 17.4 Å². The van der Waals surface area contributed by atoms with Gasteiger partial charge in [0.1, 0.15) is 16.6 Å². The van der Waals surface area contributed by atoms with Crippen LogP contribution in [0.1, 0.15) is 0 Å². The molecule has 0 amide bonds. The molecule has 1 aromatic heterocycles. The third kappa shape index (κ3) is 1.85. The maximum Gasteiger partial charge on any atom is 0.165 e. The van der Waals surface area contributed by atoms with Crippen molar-refractivity contribution in [3.8, 4) is 17.1 Å². The maximum atomic E-state index is 9.57. The second-order valence-electron chi connectivity index (χ2n) is 2.94. The molecule has 3 N–H and O–H groups in total. The minimum atomic E-state index is 0.110. The SMILES string of the molecule is Nc1nc(-c2ccccc2O)ncc1Cl. The number of nitrogen functional groups attached to an aromatic ring is 1. The number of phenols is 1. The van der Waals surface area contributed by atoms with E-state index in [9.17, 15) is 5.11 Å².